The fourth-order valence-electron chi connectivity index (χ4n) is 2.40. The molecule has 0 heterocycles. The Morgan fingerprint density at radius 2 is 1.70 bits per heavy atom. The average Bonchev–Trinajstić information content (AvgIpc) is 2.57. The Morgan fingerprint density at radius 1 is 1.00 bits per heavy atom. The van der Waals surface area contributed by atoms with Crippen molar-refractivity contribution >= 4 is 34.0 Å². The highest BCUT2D eigenvalue weighted by molar-refractivity contribution is 6.35. The smallest absolute Gasteiger partial charge is 0.262 e. The van der Waals surface area contributed by atoms with E-state index in [-0.39, 0.29) is 12.5 Å². The maximum atomic E-state index is 12.1. The fraction of sp³-hybridized carbons (Fsp3) is 0.105. The van der Waals surface area contributed by atoms with Gasteiger partial charge in [0.15, 0.2) is 6.61 Å². The summed E-state index contributed by atoms with van der Waals surface area (Å²) in [5.74, 6) is 0.447. The molecule has 0 saturated heterocycles. The van der Waals surface area contributed by atoms with Crippen LogP contribution in [0, 0.1) is 6.92 Å². The van der Waals surface area contributed by atoms with Gasteiger partial charge in [0, 0.05) is 21.5 Å². The standard InChI is InChI=1S/C19H16ClNO2/c1-13-6-2-5-9-17(13)21-19(22)12-23-18-11-10-16(20)14-7-3-4-8-15(14)18/h2-11H,12H2,1H3,(H,21,22). The summed E-state index contributed by atoms with van der Waals surface area (Å²) in [4.78, 5) is 12.1. The van der Waals surface area contributed by atoms with Gasteiger partial charge in [0.05, 0.1) is 0 Å². The number of aryl methyl sites for hydroxylation is 1. The van der Waals surface area contributed by atoms with E-state index in [9.17, 15) is 4.79 Å². The van der Waals surface area contributed by atoms with Gasteiger partial charge in [-0.2, -0.15) is 0 Å². The lowest BCUT2D eigenvalue weighted by molar-refractivity contribution is -0.118. The van der Waals surface area contributed by atoms with Gasteiger partial charge in [-0.05, 0) is 30.7 Å². The molecule has 23 heavy (non-hydrogen) atoms. The molecule has 0 aliphatic carbocycles. The molecule has 3 aromatic rings. The van der Waals surface area contributed by atoms with Crippen molar-refractivity contribution in [1.29, 1.82) is 0 Å². The van der Waals surface area contributed by atoms with E-state index < -0.39 is 0 Å². The molecule has 0 bridgehead atoms. The van der Waals surface area contributed by atoms with E-state index in [1.54, 1.807) is 12.1 Å². The van der Waals surface area contributed by atoms with Crippen LogP contribution in [0.1, 0.15) is 5.56 Å². The van der Waals surface area contributed by atoms with Crippen molar-refractivity contribution < 1.29 is 9.53 Å². The van der Waals surface area contributed by atoms with Gasteiger partial charge in [0.25, 0.3) is 5.91 Å². The van der Waals surface area contributed by atoms with Crippen LogP contribution in [0.15, 0.2) is 60.7 Å². The van der Waals surface area contributed by atoms with Crippen molar-refractivity contribution in [3.05, 3.63) is 71.2 Å². The Bertz CT molecular complexity index is 861. The topological polar surface area (TPSA) is 38.3 Å². The monoisotopic (exact) mass is 325 g/mol. The molecule has 0 aliphatic rings. The van der Waals surface area contributed by atoms with Crippen molar-refractivity contribution in [3.8, 4) is 5.75 Å². The van der Waals surface area contributed by atoms with Crippen molar-refractivity contribution in [3.63, 3.8) is 0 Å². The number of halogens is 1. The van der Waals surface area contributed by atoms with Gasteiger partial charge in [-0.3, -0.25) is 4.79 Å². The second kappa shape index (κ2) is 6.71. The Hall–Kier alpha value is -2.52. The first-order valence-corrected chi connectivity index (χ1v) is 7.68. The van der Waals surface area contributed by atoms with Crippen LogP contribution in [0.5, 0.6) is 5.75 Å². The first-order valence-electron chi connectivity index (χ1n) is 7.30. The fourth-order valence-corrected chi connectivity index (χ4v) is 2.63. The number of fused-ring (bicyclic) bond motifs is 1. The predicted octanol–water partition coefficient (Wildman–Crippen LogP) is 4.82. The summed E-state index contributed by atoms with van der Waals surface area (Å²) in [5, 5.41) is 5.31. The number of hydrogen-bond donors (Lipinski definition) is 1. The second-order valence-electron chi connectivity index (χ2n) is 5.24. The first kappa shape index (κ1) is 15.4. The molecule has 0 aromatic heterocycles. The summed E-state index contributed by atoms with van der Waals surface area (Å²) in [6.07, 6.45) is 0. The molecular formula is C19H16ClNO2. The van der Waals surface area contributed by atoms with Gasteiger partial charge in [-0.15, -0.1) is 0 Å². The van der Waals surface area contributed by atoms with Crippen LogP contribution in [-0.4, -0.2) is 12.5 Å². The molecule has 3 aromatic carbocycles. The third-order valence-corrected chi connectivity index (χ3v) is 3.94. The molecule has 0 aliphatic heterocycles. The summed E-state index contributed by atoms with van der Waals surface area (Å²) in [7, 11) is 0. The summed E-state index contributed by atoms with van der Waals surface area (Å²) in [6.45, 7) is 1.89. The highest BCUT2D eigenvalue weighted by Gasteiger charge is 2.09. The first-order chi connectivity index (χ1) is 11.1. The SMILES string of the molecule is Cc1ccccc1NC(=O)COc1ccc(Cl)c2ccccc12. The molecule has 0 atom stereocenters. The number of carbonyl (C=O) groups excluding carboxylic acids is 1. The van der Waals surface area contributed by atoms with Crippen LogP contribution in [0.3, 0.4) is 0 Å². The number of hydrogen-bond acceptors (Lipinski definition) is 2. The number of benzene rings is 3. The van der Waals surface area contributed by atoms with Crippen LogP contribution < -0.4 is 10.1 Å². The number of para-hydroxylation sites is 1. The van der Waals surface area contributed by atoms with Gasteiger partial charge in [0.2, 0.25) is 0 Å². The van der Waals surface area contributed by atoms with Crippen molar-refractivity contribution in [1.82, 2.24) is 0 Å². The number of rotatable bonds is 4. The lowest BCUT2D eigenvalue weighted by Gasteiger charge is -2.11. The highest BCUT2D eigenvalue weighted by atomic mass is 35.5. The van der Waals surface area contributed by atoms with E-state index in [1.807, 2.05) is 55.5 Å². The molecular weight excluding hydrogens is 310 g/mol. The molecule has 0 radical (unpaired) electrons. The molecule has 4 heteroatoms. The van der Waals surface area contributed by atoms with Gasteiger partial charge in [0.1, 0.15) is 5.75 Å². The van der Waals surface area contributed by atoms with E-state index >= 15 is 0 Å². The number of carbonyl (C=O) groups is 1. The van der Waals surface area contributed by atoms with E-state index in [1.165, 1.54) is 0 Å². The quantitative estimate of drug-likeness (QED) is 0.747. The number of amides is 1. The minimum atomic E-state index is -0.196. The maximum absolute atomic E-state index is 12.1. The molecule has 0 spiro atoms. The zero-order valence-electron chi connectivity index (χ0n) is 12.7. The summed E-state index contributed by atoms with van der Waals surface area (Å²) in [6, 6.07) is 18.9. The third-order valence-electron chi connectivity index (χ3n) is 3.61. The van der Waals surface area contributed by atoms with Crippen LogP contribution in [0.2, 0.25) is 5.02 Å². The van der Waals surface area contributed by atoms with E-state index in [4.69, 9.17) is 16.3 Å². The molecule has 3 nitrogen and oxygen atoms in total. The minimum Gasteiger partial charge on any atom is -0.483 e. The molecule has 0 fully saturated rings. The number of nitrogens with one attached hydrogen (secondary N) is 1. The lowest BCUT2D eigenvalue weighted by atomic mass is 10.1. The molecule has 1 N–H and O–H groups in total. The Kier molecular flexibility index (Phi) is 4.49. The van der Waals surface area contributed by atoms with Crippen molar-refractivity contribution in [2.24, 2.45) is 0 Å². The number of ether oxygens (including phenoxy) is 1. The summed E-state index contributed by atoms with van der Waals surface area (Å²) < 4.78 is 5.68. The molecule has 0 saturated carbocycles. The molecule has 0 unspecified atom stereocenters. The molecule has 1 amide bonds. The van der Waals surface area contributed by atoms with Crippen LogP contribution in [0.4, 0.5) is 5.69 Å². The zero-order valence-corrected chi connectivity index (χ0v) is 13.4. The van der Waals surface area contributed by atoms with Crippen molar-refractivity contribution in [2.45, 2.75) is 6.92 Å². The Labute approximate surface area is 139 Å². The Morgan fingerprint density at radius 3 is 2.48 bits per heavy atom. The highest BCUT2D eigenvalue weighted by Crippen LogP contribution is 2.31. The maximum Gasteiger partial charge on any atom is 0.262 e. The summed E-state index contributed by atoms with van der Waals surface area (Å²) in [5.41, 5.74) is 1.81. The van der Waals surface area contributed by atoms with E-state index in [0.717, 1.165) is 22.0 Å². The van der Waals surface area contributed by atoms with Gasteiger partial charge < -0.3 is 10.1 Å². The van der Waals surface area contributed by atoms with Gasteiger partial charge in [-0.1, -0.05) is 54.1 Å². The summed E-state index contributed by atoms with van der Waals surface area (Å²) >= 11 is 6.18. The van der Waals surface area contributed by atoms with Crippen LogP contribution in [-0.2, 0) is 4.79 Å². The lowest BCUT2D eigenvalue weighted by Crippen LogP contribution is -2.20. The third kappa shape index (κ3) is 3.46. The normalized spacial score (nSPS) is 10.5. The Balaban J connectivity index is 1.73. The van der Waals surface area contributed by atoms with Gasteiger partial charge in [-0.25, -0.2) is 0 Å². The van der Waals surface area contributed by atoms with E-state index in [0.29, 0.717) is 10.8 Å². The average molecular weight is 326 g/mol. The number of anilines is 1. The van der Waals surface area contributed by atoms with E-state index in [2.05, 4.69) is 5.32 Å². The van der Waals surface area contributed by atoms with Crippen LogP contribution >= 0.6 is 11.6 Å². The molecule has 3 rings (SSSR count). The van der Waals surface area contributed by atoms with Crippen LogP contribution in [0.25, 0.3) is 10.8 Å². The largest absolute Gasteiger partial charge is 0.483 e. The minimum absolute atomic E-state index is 0.0556. The molecule has 116 valence electrons. The zero-order chi connectivity index (χ0) is 16.2. The predicted molar refractivity (Wildman–Crippen MR) is 94.3 cm³/mol. The van der Waals surface area contributed by atoms with Gasteiger partial charge >= 0.3 is 0 Å². The van der Waals surface area contributed by atoms with Crippen molar-refractivity contribution in [2.75, 3.05) is 11.9 Å². The second-order valence-corrected chi connectivity index (χ2v) is 5.65.